The Labute approximate surface area is 125 Å². The molecule has 2 aliphatic heterocycles. The summed E-state index contributed by atoms with van der Waals surface area (Å²) in [6, 6.07) is 0. The molecule has 22 heavy (non-hydrogen) atoms. The molecule has 10 heteroatoms. The zero-order chi connectivity index (χ0) is 16.7. The van der Waals surface area contributed by atoms with Gasteiger partial charge in [0.2, 0.25) is 0 Å². The lowest BCUT2D eigenvalue weighted by Crippen LogP contribution is -2.73. The average Bonchev–Trinajstić information content (AvgIpc) is 2.51. The Bertz CT molecular complexity index is 379. The number of aliphatic hydroxyl groups is 8. The second kappa shape index (κ2) is 6.61. The first-order chi connectivity index (χ1) is 10.3. The summed E-state index contributed by atoms with van der Waals surface area (Å²) in [6.45, 7) is -1.89. The number of hydrogen-bond acceptors (Lipinski definition) is 10. The van der Waals surface area contributed by atoms with Crippen molar-refractivity contribution < 1.29 is 50.3 Å². The molecule has 10 nitrogen and oxygen atoms in total. The molecule has 130 valence electrons. The van der Waals surface area contributed by atoms with E-state index in [-0.39, 0.29) is 0 Å². The van der Waals surface area contributed by atoms with Gasteiger partial charge in [0.1, 0.15) is 54.4 Å². The number of hydrogen-bond donors (Lipinski definition) is 8. The van der Waals surface area contributed by atoms with Gasteiger partial charge >= 0.3 is 0 Å². The summed E-state index contributed by atoms with van der Waals surface area (Å²) in [6.07, 6.45) is -12.7. The molecule has 2 rings (SSSR count). The molecule has 0 aromatic heterocycles. The van der Waals surface area contributed by atoms with E-state index in [4.69, 9.17) is 19.7 Å². The smallest absolute Gasteiger partial charge is 0.145 e. The van der Waals surface area contributed by atoms with Crippen LogP contribution >= 0.6 is 0 Å². The van der Waals surface area contributed by atoms with Crippen LogP contribution in [0.5, 0.6) is 0 Å². The van der Waals surface area contributed by atoms with Crippen LogP contribution in [0.15, 0.2) is 0 Å². The van der Waals surface area contributed by atoms with Crippen molar-refractivity contribution in [2.75, 3.05) is 19.8 Å². The predicted octanol–water partition coefficient (Wildman–Crippen LogP) is -5.33. The van der Waals surface area contributed by atoms with Crippen LogP contribution in [0.1, 0.15) is 0 Å². The van der Waals surface area contributed by atoms with E-state index in [1.165, 1.54) is 0 Å². The van der Waals surface area contributed by atoms with Crippen molar-refractivity contribution >= 4 is 0 Å². The summed E-state index contributed by atoms with van der Waals surface area (Å²) < 4.78 is 10.2. The maximum absolute atomic E-state index is 10.6. The third-order valence-corrected chi connectivity index (χ3v) is 4.31. The molecule has 2 aliphatic rings. The molecular weight excluding hydrogens is 304 g/mol. The molecule has 0 aromatic rings. The summed E-state index contributed by atoms with van der Waals surface area (Å²) in [5.74, 6) is 0. The lowest BCUT2D eigenvalue weighted by Gasteiger charge is -2.51. The fourth-order valence-electron chi connectivity index (χ4n) is 2.85. The van der Waals surface area contributed by atoms with Crippen LogP contribution in [0.2, 0.25) is 0 Å². The fraction of sp³-hybridized carbons (Fsp3) is 1.00. The van der Waals surface area contributed by atoms with Crippen LogP contribution in [-0.4, -0.2) is 115 Å². The third kappa shape index (κ3) is 2.76. The van der Waals surface area contributed by atoms with Gasteiger partial charge in [0.15, 0.2) is 0 Å². The summed E-state index contributed by atoms with van der Waals surface area (Å²) in [5.41, 5.74) is -2.31. The molecule has 0 aromatic carbocycles. The Kier molecular flexibility index (Phi) is 5.39. The van der Waals surface area contributed by atoms with Crippen molar-refractivity contribution in [2.24, 2.45) is 0 Å². The molecule has 2 fully saturated rings. The van der Waals surface area contributed by atoms with Crippen molar-refractivity contribution in [1.29, 1.82) is 0 Å². The Hall–Kier alpha value is -0.400. The molecule has 8 N–H and O–H groups in total. The zero-order valence-corrected chi connectivity index (χ0v) is 11.6. The van der Waals surface area contributed by atoms with Crippen LogP contribution in [0, 0.1) is 0 Å². The minimum atomic E-state index is -2.31. The topological polar surface area (TPSA) is 180 Å². The van der Waals surface area contributed by atoms with E-state index in [0.29, 0.717) is 0 Å². The van der Waals surface area contributed by atoms with Crippen molar-refractivity contribution in [3.8, 4) is 0 Å². The number of rotatable bonds is 3. The van der Waals surface area contributed by atoms with Crippen molar-refractivity contribution in [2.45, 2.75) is 54.4 Å². The molecule has 1 unspecified atom stereocenters. The fourth-order valence-corrected chi connectivity index (χ4v) is 2.85. The Balaban J connectivity index is 2.24. The van der Waals surface area contributed by atoms with Gasteiger partial charge in [-0.05, 0) is 0 Å². The van der Waals surface area contributed by atoms with Gasteiger partial charge in [-0.1, -0.05) is 0 Å². The van der Waals surface area contributed by atoms with Gasteiger partial charge in [-0.3, -0.25) is 0 Å². The number of ether oxygens (including phenoxy) is 2. The third-order valence-electron chi connectivity index (χ3n) is 4.31. The number of aliphatic hydroxyl groups excluding tert-OH is 7. The highest BCUT2D eigenvalue weighted by Gasteiger charge is 2.59. The average molecular weight is 326 g/mol. The van der Waals surface area contributed by atoms with Crippen LogP contribution in [0.25, 0.3) is 0 Å². The van der Waals surface area contributed by atoms with E-state index in [9.17, 15) is 30.6 Å². The van der Waals surface area contributed by atoms with Crippen LogP contribution in [-0.2, 0) is 9.47 Å². The first kappa shape index (κ1) is 17.9. The molecule has 9 atom stereocenters. The van der Waals surface area contributed by atoms with E-state index < -0.39 is 74.3 Å². The first-order valence-corrected chi connectivity index (χ1v) is 6.89. The molecule has 0 spiro atoms. The van der Waals surface area contributed by atoms with E-state index >= 15 is 0 Å². The lowest BCUT2D eigenvalue weighted by molar-refractivity contribution is -0.323. The van der Waals surface area contributed by atoms with Crippen LogP contribution < -0.4 is 0 Å². The van der Waals surface area contributed by atoms with Gasteiger partial charge < -0.3 is 50.3 Å². The predicted molar refractivity (Wildman–Crippen MR) is 67.6 cm³/mol. The second-order valence-electron chi connectivity index (χ2n) is 5.71. The summed E-state index contributed by atoms with van der Waals surface area (Å²) in [5, 5.41) is 78.1. The van der Waals surface area contributed by atoms with Gasteiger partial charge in [-0.15, -0.1) is 0 Å². The molecule has 2 heterocycles. The van der Waals surface area contributed by atoms with E-state index in [1.54, 1.807) is 0 Å². The first-order valence-electron chi connectivity index (χ1n) is 6.89. The highest BCUT2D eigenvalue weighted by Crippen LogP contribution is 2.35. The quantitative estimate of drug-likeness (QED) is 0.249. The molecule has 0 bridgehead atoms. The molecule has 0 saturated carbocycles. The summed E-state index contributed by atoms with van der Waals surface area (Å²) >= 11 is 0. The Morgan fingerprint density at radius 1 is 0.818 bits per heavy atom. The van der Waals surface area contributed by atoms with Gasteiger partial charge in [0, 0.05) is 0 Å². The van der Waals surface area contributed by atoms with Gasteiger partial charge in [0.05, 0.1) is 19.8 Å². The van der Waals surface area contributed by atoms with Crippen LogP contribution in [0.3, 0.4) is 0 Å². The standard InChI is InChI=1S/C12H22O10/c13-1-4-7(16)10(19)12(20,3-21-4)11-9(18)8(17)6(15)5(2-14)22-11/h4-11,13-20H,1-3H2/t4-,5-,6-,7-,8+,9-,10+,11?,12+/m1/s1. The normalized spacial score (nSPS) is 53.5. The molecule has 0 amide bonds. The second-order valence-corrected chi connectivity index (χ2v) is 5.71. The van der Waals surface area contributed by atoms with Gasteiger partial charge in [-0.25, -0.2) is 0 Å². The SMILES string of the molecule is OC[C@H]1OC[C@@](O)(C2O[C@H](CO)[C@@H](O)[C@H](O)[C@H]2O)[C@@H](O)[C@@H]1O. The minimum absolute atomic E-state index is 0.594. The molecule has 0 aliphatic carbocycles. The van der Waals surface area contributed by atoms with Crippen molar-refractivity contribution in [3.05, 3.63) is 0 Å². The highest BCUT2D eigenvalue weighted by atomic mass is 16.6. The van der Waals surface area contributed by atoms with Gasteiger partial charge in [0.25, 0.3) is 0 Å². The maximum atomic E-state index is 10.6. The van der Waals surface area contributed by atoms with Crippen molar-refractivity contribution in [3.63, 3.8) is 0 Å². The maximum Gasteiger partial charge on any atom is 0.145 e. The lowest BCUT2D eigenvalue weighted by atomic mass is 9.78. The summed E-state index contributed by atoms with van der Waals surface area (Å²) in [7, 11) is 0. The van der Waals surface area contributed by atoms with Crippen molar-refractivity contribution in [1.82, 2.24) is 0 Å². The zero-order valence-electron chi connectivity index (χ0n) is 11.6. The monoisotopic (exact) mass is 326 g/mol. The van der Waals surface area contributed by atoms with Crippen LogP contribution in [0.4, 0.5) is 0 Å². The molecule has 0 radical (unpaired) electrons. The molecular formula is C12H22O10. The Morgan fingerprint density at radius 3 is 1.95 bits per heavy atom. The summed E-state index contributed by atoms with van der Waals surface area (Å²) in [4.78, 5) is 0. The molecule has 2 saturated heterocycles. The highest BCUT2D eigenvalue weighted by molar-refractivity contribution is 5.08. The minimum Gasteiger partial charge on any atom is -0.394 e. The largest absolute Gasteiger partial charge is 0.394 e. The van der Waals surface area contributed by atoms with E-state index in [1.807, 2.05) is 0 Å². The van der Waals surface area contributed by atoms with E-state index in [2.05, 4.69) is 0 Å². The van der Waals surface area contributed by atoms with E-state index in [0.717, 1.165) is 0 Å². The Morgan fingerprint density at radius 2 is 1.41 bits per heavy atom. The van der Waals surface area contributed by atoms with Gasteiger partial charge in [-0.2, -0.15) is 0 Å².